The Balaban J connectivity index is 1.53. The van der Waals surface area contributed by atoms with E-state index in [2.05, 4.69) is 21.7 Å². The van der Waals surface area contributed by atoms with E-state index in [0.29, 0.717) is 19.6 Å². The number of likely N-dealkylation sites (N-methyl/N-ethyl adjacent to an activating group) is 1. The second-order valence-corrected chi connectivity index (χ2v) is 8.54. The van der Waals surface area contributed by atoms with Crippen molar-refractivity contribution in [2.45, 2.75) is 25.3 Å². The van der Waals surface area contributed by atoms with Crippen LogP contribution in [-0.2, 0) is 16.0 Å². The van der Waals surface area contributed by atoms with E-state index in [1.807, 2.05) is 19.5 Å². The van der Waals surface area contributed by atoms with Crippen LogP contribution in [-0.4, -0.2) is 55.3 Å². The van der Waals surface area contributed by atoms with Crippen LogP contribution in [0.4, 0.5) is 4.39 Å². The van der Waals surface area contributed by atoms with Gasteiger partial charge in [0.1, 0.15) is 5.82 Å². The summed E-state index contributed by atoms with van der Waals surface area (Å²) in [6, 6.07) is 8.20. The second kappa shape index (κ2) is 9.98. The molecule has 1 aromatic heterocycles. The average Bonchev–Trinajstić information content (AvgIpc) is 3.24. The first-order valence-corrected chi connectivity index (χ1v) is 10.9. The molecular formula is C22H28FN3O2S. The number of carbonyl (C=O) groups is 2. The summed E-state index contributed by atoms with van der Waals surface area (Å²) in [6.07, 6.45) is 1.83. The fraction of sp³-hybridized carbons (Fsp3) is 0.455. The van der Waals surface area contributed by atoms with Crippen LogP contribution in [0.3, 0.4) is 0 Å². The van der Waals surface area contributed by atoms with Crippen molar-refractivity contribution in [1.29, 1.82) is 0 Å². The Labute approximate surface area is 175 Å². The minimum absolute atomic E-state index is 0.00589. The summed E-state index contributed by atoms with van der Waals surface area (Å²) in [5, 5.41) is 7.23. The summed E-state index contributed by atoms with van der Waals surface area (Å²) < 4.78 is 13.0. The standard InChI is InChI=1S/C22H28FN3O2S/c1-25(2)20(18-9-11-29-15-18)13-24-22(28)17-4-3-10-26(14-17)21(27)12-16-5-7-19(23)8-6-16/h5-9,11,15,17,20H,3-4,10,12-14H2,1-2H3,(H,24,28). The lowest BCUT2D eigenvalue weighted by Crippen LogP contribution is -2.47. The number of nitrogens with zero attached hydrogens (tertiary/aromatic N) is 2. The lowest BCUT2D eigenvalue weighted by atomic mass is 9.96. The van der Waals surface area contributed by atoms with Gasteiger partial charge in [0.05, 0.1) is 18.4 Å². The Bertz CT molecular complexity index is 808. The molecule has 2 atom stereocenters. The molecule has 2 amide bonds. The molecule has 5 nitrogen and oxygen atoms in total. The van der Waals surface area contributed by atoms with Crippen molar-refractivity contribution in [3.05, 3.63) is 58.0 Å². The fourth-order valence-electron chi connectivity index (χ4n) is 3.71. The molecule has 0 bridgehead atoms. The van der Waals surface area contributed by atoms with Crippen LogP contribution < -0.4 is 5.32 Å². The van der Waals surface area contributed by atoms with Crippen molar-refractivity contribution in [2.24, 2.45) is 5.92 Å². The molecule has 1 fully saturated rings. The van der Waals surface area contributed by atoms with Gasteiger partial charge in [0, 0.05) is 19.6 Å². The lowest BCUT2D eigenvalue weighted by Gasteiger charge is -2.33. The lowest BCUT2D eigenvalue weighted by molar-refractivity contribution is -0.135. The molecule has 0 saturated carbocycles. The molecule has 7 heteroatoms. The van der Waals surface area contributed by atoms with Gasteiger partial charge < -0.3 is 15.1 Å². The highest BCUT2D eigenvalue weighted by molar-refractivity contribution is 7.07. The van der Waals surface area contributed by atoms with Gasteiger partial charge in [0.2, 0.25) is 11.8 Å². The predicted molar refractivity (Wildman–Crippen MR) is 113 cm³/mol. The van der Waals surface area contributed by atoms with Crippen LogP contribution >= 0.6 is 11.3 Å². The van der Waals surface area contributed by atoms with Gasteiger partial charge in [0.15, 0.2) is 0 Å². The zero-order chi connectivity index (χ0) is 20.8. The van der Waals surface area contributed by atoms with Gasteiger partial charge in [-0.2, -0.15) is 11.3 Å². The normalized spacial score (nSPS) is 17.9. The smallest absolute Gasteiger partial charge is 0.227 e. The molecule has 1 N–H and O–H groups in total. The van der Waals surface area contributed by atoms with Gasteiger partial charge in [-0.3, -0.25) is 9.59 Å². The zero-order valence-electron chi connectivity index (χ0n) is 16.9. The quantitative estimate of drug-likeness (QED) is 0.753. The summed E-state index contributed by atoms with van der Waals surface area (Å²) in [5.41, 5.74) is 1.98. The number of hydrogen-bond acceptors (Lipinski definition) is 4. The average molecular weight is 418 g/mol. The van der Waals surface area contributed by atoms with Crippen LogP contribution in [0.15, 0.2) is 41.1 Å². The van der Waals surface area contributed by atoms with Crippen LogP contribution in [0.5, 0.6) is 0 Å². The summed E-state index contributed by atoms with van der Waals surface area (Å²) in [7, 11) is 4.01. The molecule has 0 spiro atoms. The van der Waals surface area contributed by atoms with Gasteiger partial charge in [-0.1, -0.05) is 12.1 Å². The van der Waals surface area contributed by atoms with E-state index in [1.54, 1.807) is 28.4 Å². The van der Waals surface area contributed by atoms with E-state index >= 15 is 0 Å². The van der Waals surface area contributed by atoms with Crippen molar-refractivity contribution in [3.63, 3.8) is 0 Å². The first-order chi connectivity index (χ1) is 13.9. The number of thiophene rings is 1. The van der Waals surface area contributed by atoms with Crippen molar-refractivity contribution >= 4 is 23.2 Å². The summed E-state index contributed by atoms with van der Waals surface area (Å²) in [5.74, 6) is -0.509. The summed E-state index contributed by atoms with van der Waals surface area (Å²) in [6.45, 7) is 1.65. The van der Waals surface area contributed by atoms with Gasteiger partial charge >= 0.3 is 0 Å². The molecule has 2 heterocycles. The summed E-state index contributed by atoms with van der Waals surface area (Å²) >= 11 is 1.65. The van der Waals surface area contributed by atoms with Gasteiger partial charge in [0.25, 0.3) is 0 Å². The predicted octanol–water partition coefficient (Wildman–Crippen LogP) is 3.09. The van der Waals surface area contributed by atoms with Crippen molar-refractivity contribution in [3.8, 4) is 0 Å². The third-order valence-corrected chi connectivity index (χ3v) is 6.14. The molecule has 3 rings (SSSR count). The Morgan fingerprint density at radius 1 is 1.28 bits per heavy atom. The zero-order valence-corrected chi connectivity index (χ0v) is 17.8. The number of amides is 2. The maximum Gasteiger partial charge on any atom is 0.227 e. The number of hydrogen-bond donors (Lipinski definition) is 1. The maximum absolute atomic E-state index is 13.0. The minimum Gasteiger partial charge on any atom is -0.354 e. The van der Waals surface area contributed by atoms with Crippen LogP contribution in [0.2, 0.25) is 0 Å². The SMILES string of the molecule is CN(C)C(CNC(=O)C1CCCN(C(=O)Cc2ccc(F)cc2)C1)c1ccsc1. The number of nitrogens with one attached hydrogen (secondary N) is 1. The Morgan fingerprint density at radius 3 is 2.69 bits per heavy atom. The molecule has 1 aliphatic heterocycles. The number of halogens is 1. The van der Waals surface area contributed by atoms with Crippen LogP contribution in [0.25, 0.3) is 0 Å². The Hall–Kier alpha value is -2.25. The molecule has 0 radical (unpaired) electrons. The number of piperidine rings is 1. The van der Waals surface area contributed by atoms with E-state index in [1.165, 1.54) is 17.7 Å². The highest BCUT2D eigenvalue weighted by atomic mass is 32.1. The van der Waals surface area contributed by atoms with Crippen molar-refractivity contribution < 1.29 is 14.0 Å². The van der Waals surface area contributed by atoms with Gasteiger partial charge in [-0.25, -0.2) is 4.39 Å². The van der Waals surface area contributed by atoms with Gasteiger partial charge in [-0.15, -0.1) is 0 Å². The molecule has 1 saturated heterocycles. The molecular weight excluding hydrogens is 389 g/mol. The molecule has 0 aliphatic carbocycles. The number of rotatable bonds is 7. The van der Waals surface area contributed by atoms with Crippen LogP contribution in [0.1, 0.15) is 30.0 Å². The number of likely N-dealkylation sites (tertiary alicyclic amines) is 1. The summed E-state index contributed by atoms with van der Waals surface area (Å²) in [4.78, 5) is 29.2. The van der Waals surface area contributed by atoms with Crippen molar-refractivity contribution in [2.75, 3.05) is 33.7 Å². The fourth-order valence-corrected chi connectivity index (χ4v) is 4.42. The molecule has 156 valence electrons. The number of benzene rings is 1. The molecule has 2 unspecified atom stereocenters. The molecule has 29 heavy (non-hydrogen) atoms. The molecule has 2 aromatic rings. The van der Waals surface area contributed by atoms with Crippen LogP contribution in [0, 0.1) is 11.7 Å². The topological polar surface area (TPSA) is 52.7 Å². The molecule has 1 aliphatic rings. The third-order valence-electron chi connectivity index (χ3n) is 5.43. The minimum atomic E-state index is -0.311. The number of carbonyl (C=O) groups excluding carboxylic acids is 2. The van der Waals surface area contributed by atoms with E-state index in [0.717, 1.165) is 18.4 Å². The second-order valence-electron chi connectivity index (χ2n) is 7.76. The van der Waals surface area contributed by atoms with Gasteiger partial charge in [-0.05, 0) is 67.0 Å². The Morgan fingerprint density at radius 2 is 2.03 bits per heavy atom. The first kappa shape index (κ1) is 21.5. The highest BCUT2D eigenvalue weighted by Crippen LogP contribution is 2.21. The van der Waals surface area contributed by atoms with E-state index in [9.17, 15) is 14.0 Å². The first-order valence-electron chi connectivity index (χ1n) is 9.92. The molecule has 1 aromatic carbocycles. The highest BCUT2D eigenvalue weighted by Gasteiger charge is 2.29. The largest absolute Gasteiger partial charge is 0.354 e. The Kier molecular flexibility index (Phi) is 7.39. The van der Waals surface area contributed by atoms with E-state index in [-0.39, 0.29) is 36.0 Å². The van der Waals surface area contributed by atoms with E-state index < -0.39 is 0 Å². The maximum atomic E-state index is 13.0. The third kappa shape index (κ3) is 5.87. The monoisotopic (exact) mass is 417 g/mol. The van der Waals surface area contributed by atoms with E-state index in [4.69, 9.17) is 0 Å². The van der Waals surface area contributed by atoms with Crippen molar-refractivity contribution in [1.82, 2.24) is 15.1 Å².